The molecule has 3 rings (SSSR count). The highest BCUT2D eigenvalue weighted by Gasteiger charge is 2.27. The van der Waals surface area contributed by atoms with Gasteiger partial charge in [-0.2, -0.15) is 0 Å². The molecule has 0 aliphatic carbocycles. The fourth-order valence-electron chi connectivity index (χ4n) is 3.57. The van der Waals surface area contributed by atoms with Crippen LogP contribution in [0.25, 0.3) is 22.4 Å². The molecule has 10 nitrogen and oxygen atoms in total. The summed E-state index contributed by atoms with van der Waals surface area (Å²) in [6.45, 7) is 0. The molecule has 10 heteroatoms. The third kappa shape index (κ3) is 4.69. The van der Waals surface area contributed by atoms with Crippen molar-refractivity contribution in [3.8, 4) is 45.4 Å². The van der Waals surface area contributed by atoms with Gasteiger partial charge in [0.25, 0.3) is 0 Å². The lowest BCUT2D eigenvalue weighted by atomic mass is 9.91. The van der Waals surface area contributed by atoms with Gasteiger partial charge in [-0.05, 0) is 29.8 Å². The fraction of sp³-hybridized carbons (Fsp3) is 0.261. The maximum absolute atomic E-state index is 11.9. The van der Waals surface area contributed by atoms with Crippen LogP contribution < -0.4 is 24.7 Å². The minimum absolute atomic E-state index is 0.304. The number of methoxy groups -OCH3 is 4. The number of primary amides is 1. The van der Waals surface area contributed by atoms with Gasteiger partial charge in [-0.1, -0.05) is 11.2 Å². The van der Waals surface area contributed by atoms with Gasteiger partial charge < -0.3 is 34.3 Å². The summed E-state index contributed by atoms with van der Waals surface area (Å²) in [7, 11) is 5.93. The zero-order chi connectivity index (χ0) is 24.1. The molecule has 0 aliphatic heterocycles. The summed E-state index contributed by atoms with van der Waals surface area (Å²) in [5.41, 5.74) is 7.84. The second kappa shape index (κ2) is 9.94. The van der Waals surface area contributed by atoms with Crippen LogP contribution in [0, 0.1) is 0 Å². The summed E-state index contributed by atoms with van der Waals surface area (Å²) < 4.78 is 26.8. The van der Waals surface area contributed by atoms with Crippen LogP contribution in [0.3, 0.4) is 0 Å². The van der Waals surface area contributed by atoms with E-state index in [0.29, 0.717) is 50.9 Å². The van der Waals surface area contributed by atoms with Crippen molar-refractivity contribution in [3.05, 3.63) is 42.2 Å². The molecule has 3 aromatic rings. The molecule has 0 radical (unpaired) electrons. The molecule has 1 atom stereocenters. The predicted octanol–water partition coefficient (Wildman–Crippen LogP) is 3.09. The number of nitrogens with two attached hydrogens (primary N) is 1. The van der Waals surface area contributed by atoms with E-state index in [-0.39, 0.29) is 6.42 Å². The Bertz CT molecular complexity index is 1150. The molecule has 1 amide bonds. The Labute approximate surface area is 189 Å². The first-order valence-electron chi connectivity index (χ1n) is 9.78. The van der Waals surface area contributed by atoms with Gasteiger partial charge in [0.1, 0.15) is 17.7 Å². The fourth-order valence-corrected chi connectivity index (χ4v) is 3.57. The number of benzene rings is 2. The minimum atomic E-state index is -1.19. The molecule has 0 saturated carbocycles. The highest BCUT2D eigenvalue weighted by atomic mass is 16.5. The highest BCUT2D eigenvalue weighted by molar-refractivity contribution is 5.87. The molecule has 0 fully saturated rings. The van der Waals surface area contributed by atoms with E-state index in [4.69, 9.17) is 29.2 Å². The minimum Gasteiger partial charge on any atom is -0.496 e. The summed E-state index contributed by atoms with van der Waals surface area (Å²) in [6, 6.07) is 8.42. The Hall–Kier alpha value is -4.21. The summed E-state index contributed by atoms with van der Waals surface area (Å²) in [5, 5.41) is 13.8. The van der Waals surface area contributed by atoms with Gasteiger partial charge in [-0.15, -0.1) is 0 Å². The molecule has 2 aromatic carbocycles. The van der Waals surface area contributed by atoms with Gasteiger partial charge in [0.05, 0.1) is 34.4 Å². The van der Waals surface area contributed by atoms with Crippen molar-refractivity contribution in [2.24, 2.45) is 5.73 Å². The lowest BCUT2D eigenvalue weighted by Crippen LogP contribution is -2.21. The molecular formula is C23H24N2O8. The Morgan fingerprint density at radius 2 is 1.61 bits per heavy atom. The molecular weight excluding hydrogens is 432 g/mol. The number of hydrogen-bond acceptors (Lipinski definition) is 8. The molecule has 33 heavy (non-hydrogen) atoms. The van der Waals surface area contributed by atoms with E-state index in [0.717, 1.165) is 0 Å². The van der Waals surface area contributed by atoms with Gasteiger partial charge in [0.15, 0.2) is 11.5 Å². The monoisotopic (exact) mass is 456 g/mol. The van der Waals surface area contributed by atoms with Crippen LogP contribution in [0.15, 0.2) is 41.1 Å². The number of ether oxygens (including phenoxy) is 4. The van der Waals surface area contributed by atoms with Crippen molar-refractivity contribution in [3.63, 3.8) is 0 Å². The average molecular weight is 456 g/mol. The molecule has 0 bridgehead atoms. The zero-order valence-electron chi connectivity index (χ0n) is 18.6. The number of aliphatic carboxylic acids is 1. The van der Waals surface area contributed by atoms with Crippen molar-refractivity contribution in [2.75, 3.05) is 28.4 Å². The topological polar surface area (TPSA) is 143 Å². The maximum atomic E-state index is 11.9. The zero-order valence-corrected chi connectivity index (χ0v) is 18.6. The number of carboxylic acids is 1. The third-order valence-electron chi connectivity index (χ3n) is 5.13. The van der Waals surface area contributed by atoms with Crippen LogP contribution in [-0.4, -0.2) is 50.6 Å². The maximum Gasteiger partial charge on any atom is 0.311 e. The molecule has 174 valence electrons. The van der Waals surface area contributed by atoms with E-state index >= 15 is 0 Å². The Morgan fingerprint density at radius 3 is 2.12 bits per heavy atom. The summed E-state index contributed by atoms with van der Waals surface area (Å²) in [4.78, 5) is 23.3. The number of carbonyl (C=O) groups is 2. The number of rotatable bonds is 10. The number of hydrogen-bond donors (Lipinski definition) is 2. The van der Waals surface area contributed by atoms with Crippen LogP contribution in [0.1, 0.15) is 17.9 Å². The number of carboxylic acid groups (broad SMARTS) is 1. The van der Waals surface area contributed by atoms with Gasteiger partial charge in [-0.25, -0.2) is 0 Å². The van der Waals surface area contributed by atoms with Crippen molar-refractivity contribution in [1.29, 1.82) is 0 Å². The highest BCUT2D eigenvalue weighted by Crippen LogP contribution is 2.43. The standard InChI is InChI=1S/C23H24N2O8/c1-29-17-6-5-12(7-14(17)15(23(27)28)10-20(24)26)16-11-33-25-21(16)13-8-18(30-2)22(32-4)19(9-13)31-3/h5-9,11,15H,10H2,1-4H3,(H2,24,26)(H,27,28). The quantitative estimate of drug-likeness (QED) is 0.470. The second-order valence-electron chi connectivity index (χ2n) is 7.01. The first-order valence-corrected chi connectivity index (χ1v) is 9.78. The van der Waals surface area contributed by atoms with E-state index in [1.54, 1.807) is 30.3 Å². The van der Waals surface area contributed by atoms with E-state index in [1.807, 2.05) is 0 Å². The number of aromatic nitrogens is 1. The summed E-state index contributed by atoms with van der Waals surface area (Å²) >= 11 is 0. The van der Waals surface area contributed by atoms with Crippen molar-refractivity contribution < 1.29 is 38.2 Å². The van der Waals surface area contributed by atoms with Crippen LogP contribution in [0.2, 0.25) is 0 Å². The van der Waals surface area contributed by atoms with Crippen LogP contribution >= 0.6 is 0 Å². The van der Waals surface area contributed by atoms with Crippen LogP contribution in [-0.2, 0) is 9.59 Å². The predicted molar refractivity (Wildman–Crippen MR) is 118 cm³/mol. The largest absolute Gasteiger partial charge is 0.496 e. The van der Waals surface area contributed by atoms with E-state index in [9.17, 15) is 14.7 Å². The molecule has 1 unspecified atom stereocenters. The Morgan fingerprint density at radius 1 is 0.970 bits per heavy atom. The van der Waals surface area contributed by atoms with E-state index in [1.165, 1.54) is 34.7 Å². The Kier molecular flexibility index (Phi) is 7.07. The molecule has 0 saturated heterocycles. The normalized spacial score (nSPS) is 11.5. The molecule has 1 aromatic heterocycles. The molecule has 0 spiro atoms. The van der Waals surface area contributed by atoms with E-state index < -0.39 is 17.8 Å². The number of nitrogens with zero attached hydrogens (tertiary/aromatic N) is 1. The lowest BCUT2D eigenvalue weighted by Gasteiger charge is -2.17. The Balaban J connectivity index is 2.16. The summed E-state index contributed by atoms with van der Waals surface area (Å²) in [5.74, 6) is -1.50. The molecule has 1 heterocycles. The smallest absolute Gasteiger partial charge is 0.311 e. The summed E-state index contributed by atoms with van der Waals surface area (Å²) in [6.07, 6.45) is 1.06. The van der Waals surface area contributed by atoms with Crippen molar-refractivity contribution >= 4 is 11.9 Å². The molecule has 0 aliphatic rings. The molecule has 3 N–H and O–H groups in total. The van der Waals surface area contributed by atoms with Gasteiger partial charge in [0, 0.05) is 23.1 Å². The third-order valence-corrected chi connectivity index (χ3v) is 5.13. The second-order valence-corrected chi connectivity index (χ2v) is 7.01. The van der Waals surface area contributed by atoms with Gasteiger partial charge >= 0.3 is 5.97 Å². The van der Waals surface area contributed by atoms with Gasteiger partial charge in [-0.3, -0.25) is 9.59 Å². The lowest BCUT2D eigenvalue weighted by molar-refractivity contribution is -0.140. The number of carbonyl (C=O) groups excluding carboxylic acids is 1. The van der Waals surface area contributed by atoms with Crippen molar-refractivity contribution in [1.82, 2.24) is 5.16 Å². The van der Waals surface area contributed by atoms with Gasteiger partial charge in [0.2, 0.25) is 11.7 Å². The van der Waals surface area contributed by atoms with Crippen molar-refractivity contribution in [2.45, 2.75) is 12.3 Å². The van der Waals surface area contributed by atoms with Crippen LogP contribution in [0.5, 0.6) is 23.0 Å². The SMILES string of the molecule is COc1ccc(-c2conc2-c2cc(OC)c(OC)c(OC)c2)cc1C(CC(N)=O)C(=O)O. The first-order chi connectivity index (χ1) is 15.8. The number of amides is 1. The first kappa shape index (κ1) is 23.5. The average Bonchev–Trinajstić information content (AvgIpc) is 3.30. The van der Waals surface area contributed by atoms with E-state index in [2.05, 4.69) is 5.16 Å². The van der Waals surface area contributed by atoms with Crippen LogP contribution in [0.4, 0.5) is 0 Å².